The molecule has 1 N–H and O–H groups in total. The highest BCUT2D eigenvalue weighted by Gasteiger charge is 2.40. The Bertz CT molecular complexity index is 909. The van der Waals surface area contributed by atoms with Crippen LogP contribution >= 0.6 is 11.6 Å². The molecule has 136 valence electrons. The molecule has 0 spiro atoms. The number of rotatable bonds is 3. The van der Waals surface area contributed by atoms with E-state index in [1.54, 1.807) is 24.0 Å². The molecule has 4 rings (SSSR count). The number of aromatic nitrogens is 1. The fourth-order valence-corrected chi connectivity index (χ4v) is 3.91. The molecule has 1 aromatic carbocycles. The molecule has 1 aromatic heterocycles. The van der Waals surface area contributed by atoms with E-state index < -0.39 is 11.4 Å². The van der Waals surface area contributed by atoms with Crippen molar-refractivity contribution < 1.29 is 14.7 Å². The normalized spacial score (nSPS) is 23.2. The largest absolute Gasteiger partial charge is 0.481 e. The summed E-state index contributed by atoms with van der Waals surface area (Å²) in [6.45, 7) is 2.51. The van der Waals surface area contributed by atoms with Crippen LogP contribution in [-0.4, -0.2) is 40.0 Å². The number of carboxylic acids is 1. The number of likely N-dealkylation sites (tertiary alicyclic amines) is 1. The van der Waals surface area contributed by atoms with Gasteiger partial charge in [0.2, 0.25) is 0 Å². The minimum absolute atomic E-state index is 0.131. The maximum absolute atomic E-state index is 13.3. The van der Waals surface area contributed by atoms with Gasteiger partial charge in [-0.2, -0.15) is 0 Å². The highest BCUT2D eigenvalue weighted by molar-refractivity contribution is 6.31. The van der Waals surface area contributed by atoms with Crippen molar-refractivity contribution in [2.75, 3.05) is 13.1 Å². The monoisotopic (exact) mass is 372 g/mol. The minimum atomic E-state index is -0.895. The molecule has 2 aliphatic rings. The van der Waals surface area contributed by atoms with Gasteiger partial charge in [-0.15, -0.1) is 0 Å². The summed E-state index contributed by atoms with van der Waals surface area (Å²) in [6.07, 6.45) is 3.47. The smallest absolute Gasteiger partial charge is 0.311 e. The lowest BCUT2D eigenvalue weighted by Crippen LogP contribution is -2.48. The summed E-state index contributed by atoms with van der Waals surface area (Å²) in [6, 6.07) is 7.28. The number of carbonyl (C=O) groups is 2. The SMILES string of the molecule is CC1(C(=O)O)CCCN(C(=O)c2cc(C3CC3)nc3ccc(Cl)cc23)C1. The van der Waals surface area contributed by atoms with Crippen LogP contribution < -0.4 is 0 Å². The Labute approximate surface area is 157 Å². The summed E-state index contributed by atoms with van der Waals surface area (Å²) in [4.78, 5) is 31.3. The summed E-state index contributed by atoms with van der Waals surface area (Å²) in [5.41, 5.74) is 1.39. The number of hydrogen-bond donors (Lipinski definition) is 1. The topological polar surface area (TPSA) is 70.5 Å². The van der Waals surface area contributed by atoms with Crippen molar-refractivity contribution in [2.24, 2.45) is 5.41 Å². The highest BCUT2D eigenvalue weighted by Crippen LogP contribution is 2.41. The van der Waals surface area contributed by atoms with Crippen molar-refractivity contribution in [3.05, 3.63) is 40.5 Å². The van der Waals surface area contributed by atoms with Gasteiger partial charge in [-0.05, 0) is 56.9 Å². The molecule has 1 unspecified atom stereocenters. The fraction of sp³-hybridized carbons (Fsp3) is 0.450. The Morgan fingerprint density at radius 3 is 2.77 bits per heavy atom. The number of pyridine rings is 1. The van der Waals surface area contributed by atoms with Gasteiger partial charge in [-0.25, -0.2) is 0 Å². The van der Waals surface area contributed by atoms with Gasteiger partial charge in [0, 0.05) is 35.1 Å². The summed E-state index contributed by atoms with van der Waals surface area (Å²) in [5, 5.41) is 10.8. The third-order valence-corrected chi connectivity index (χ3v) is 5.75. The van der Waals surface area contributed by atoms with E-state index in [1.165, 1.54) is 0 Å². The van der Waals surface area contributed by atoms with E-state index in [2.05, 4.69) is 0 Å². The molecule has 1 aliphatic heterocycles. The number of amides is 1. The zero-order valence-corrected chi connectivity index (χ0v) is 15.4. The number of nitrogens with zero attached hydrogens (tertiary/aromatic N) is 2. The number of carbonyl (C=O) groups excluding carboxylic acids is 1. The maximum atomic E-state index is 13.3. The van der Waals surface area contributed by atoms with Gasteiger partial charge in [0.1, 0.15) is 0 Å². The van der Waals surface area contributed by atoms with E-state index in [0.29, 0.717) is 35.9 Å². The second-order valence-corrected chi connectivity index (χ2v) is 8.16. The van der Waals surface area contributed by atoms with Gasteiger partial charge < -0.3 is 10.0 Å². The van der Waals surface area contributed by atoms with Gasteiger partial charge in [-0.1, -0.05) is 11.6 Å². The van der Waals surface area contributed by atoms with E-state index in [4.69, 9.17) is 16.6 Å². The van der Waals surface area contributed by atoms with E-state index >= 15 is 0 Å². The third-order valence-electron chi connectivity index (χ3n) is 5.52. The second kappa shape index (κ2) is 6.23. The molecule has 0 radical (unpaired) electrons. The predicted octanol–water partition coefficient (Wildman–Crippen LogP) is 4.09. The first-order valence-corrected chi connectivity index (χ1v) is 9.38. The van der Waals surface area contributed by atoms with Crippen LogP contribution in [0.15, 0.2) is 24.3 Å². The number of benzene rings is 1. The number of aliphatic carboxylic acids is 1. The molecular weight excluding hydrogens is 352 g/mol. The molecule has 2 heterocycles. The van der Waals surface area contributed by atoms with Crippen molar-refractivity contribution in [2.45, 2.75) is 38.5 Å². The lowest BCUT2D eigenvalue weighted by atomic mass is 9.82. The van der Waals surface area contributed by atoms with E-state index in [0.717, 1.165) is 29.4 Å². The van der Waals surface area contributed by atoms with Crippen LogP contribution in [0, 0.1) is 5.41 Å². The molecule has 6 heteroatoms. The van der Waals surface area contributed by atoms with Crippen LogP contribution in [0.5, 0.6) is 0 Å². The van der Waals surface area contributed by atoms with Crippen molar-refractivity contribution in [1.82, 2.24) is 9.88 Å². The van der Waals surface area contributed by atoms with Crippen LogP contribution in [0.25, 0.3) is 10.9 Å². The Kier molecular flexibility index (Phi) is 4.14. The second-order valence-electron chi connectivity index (χ2n) is 7.73. The Balaban J connectivity index is 1.76. The molecule has 0 bridgehead atoms. The number of hydrogen-bond acceptors (Lipinski definition) is 3. The number of halogens is 1. The van der Waals surface area contributed by atoms with Crippen molar-refractivity contribution in [3.63, 3.8) is 0 Å². The Hall–Kier alpha value is -2.14. The molecule has 1 aliphatic carbocycles. The minimum Gasteiger partial charge on any atom is -0.481 e. The van der Waals surface area contributed by atoms with Gasteiger partial charge >= 0.3 is 5.97 Å². The van der Waals surface area contributed by atoms with Crippen molar-refractivity contribution in [3.8, 4) is 0 Å². The number of piperidine rings is 1. The maximum Gasteiger partial charge on any atom is 0.311 e. The first kappa shape index (κ1) is 17.3. The average molecular weight is 373 g/mol. The fourth-order valence-electron chi connectivity index (χ4n) is 3.74. The molecule has 1 saturated heterocycles. The lowest BCUT2D eigenvalue weighted by molar-refractivity contribution is -0.150. The lowest BCUT2D eigenvalue weighted by Gasteiger charge is -2.37. The number of fused-ring (bicyclic) bond motifs is 1. The summed E-state index contributed by atoms with van der Waals surface area (Å²) in [5.74, 6) is -0.558. The van der Waals surface area contributed by atoms with Gasteiger partial charge in [0.05, 0.1) is 16.5 Å². The quantitative estimate of drug-likeness (QED) is 0.880. The molecule has 5 nitrogen and oxygen atoms in total. The van der Waals surface area contributed by atoms with Gasteiger partial charge in [0.25, 0.3) is 5.91 Å². The van der Waals surface area contributed by atoms with Crippen LogP contribution in [0.3, 0.4) is 0 Å². The third kappa shape index (κ3) is 3.05. The van der Waals surface area contributed by atoms with E-state index in [-0.39, 0.29) is 12.5 Å². The van der Waals surface area contributed by atoms with Crippen LogP contribution in [0.2, 0.25) is 5.02 Å². The molecule has 1 amide bonds. The van der Waals surface area contributed by atoms with E-state index in [1.807, 2.05) is 12.1 Å². The predicted molar refractivity (Wildman–Crippen MR) is 99.6 cm³/mol. The summed E-state index contributed by atoms with van der Waals surface area (Å²) in [7, 11) is 0. The average Bonchev–Trinajstić information content (AvgIpc) is 3.45. The van der Waals surface area contributed by atoms with Crippen LogP contribution in [-0.2, 0) is 4.79 Å². The molecule has 2 fully saturated rings. The summed E-state index contributed by atoms with van der Waals surface area (Å²) >= 11 is 6.15. The van der Waals surface area contributed by atoms with Crippen molar-refractivity contribution in [1.29, 1.82) is 0 Å². The zero-order chi connectivity index (χ0) is 18.5. The first-order chi connectivity index (χ1) is 12.4. The zero-order valence-electron chi connectivity index (χ0n) is 14.7. The van der Waals surface area contributed by atoms with Crippen LogP contribution in [0.4, 0.5) is 0 Å². The first-order valence-electron chi connectivity index (χ1n) is 9.00. The molecular formula is C20H21ClN2O3. The Morgan fingerprint density at radius 2 is 2.08 bits per heavy atom. The summed E-state index contributed by atoms with van der Waals surface area (Å²) < 4.78 is 0. The highest BCUT2D eigenvalue weighted by atomic mass is 35.5. The number of carboxylic acid groups (broad SMARTS) is 1. The molecule has 1 atom stereocenters. The van der Waals surface area contributed by atoms with Crippen LogP contribution in [0.1, 0.15) is 54.6 Å². The van der Waals surface area contributed by atoms with E-state index in [9.17, 15) is 14.7 Å². The molecule has 26 heavy (non-hydrogen) atoms. The standard InChI is InChI=1S/C20H21ClN2O3/c1-20(19(25)26)7-2-8-23(11-20)18(24)15-10-17(12-3-4-12)22-16-6-5-13(21)9-14(15)16/h5-6,9-10,12H,2-4,7-8,11H2,1H3,(H,25,26). The van der Waals surface area contributed by atoms with Gasteiger partial charge in [0.15, 0.2) is 0 Å². The Morgan fingerprint density at radius 1 is 1.31 bits per heavy atom. The van der Waals surface area contributed by atoms with Gasteiger partial charge in [-0.3, -0.25) is 14.6 Å². The molecule has 1 saturated carbocycles. The van der Waals surface area contributed by atoms with Crippen molar-refractivity contribution >= 4 is 34.4 Å². The molecule has 2 aromatic rings.